The van der Waals surface area contributed by atoms with Crippen LogP contribution in [0.3, 0.4) is 0 Å². The van der Waals surface area contributed by atoms with Gasteiger partial charge in [-0.1, -0.05) is 32.0 Å². The molecule has 7 heteroatoms. The maximum Gasteiger partial charge on any atom is 0.337 e. The summed E-state index contributed by atoms with van der Waals surface area (Å²) in [6.07, 6.45) is 1.20. The average molecular weight is 456 g/mol. The highest BCUT2D eigenvalue weighted by Crippen LogP contribution is 2.54. The van der Waals surface area contributed by atoms with Crippen LogP contribution in [0.2, 0.25) is 0 Å². The minimum Gasteiger partial charge on any atom is -0.478 e. The molecule has 2 fully saturated rings. The van der Waals surface area contributed by atoms with Crippen LogP contribution in [0.5, 0.6) is 0 Å². The van der Waals surface area contributed by atoms with Gasteiger partial charge < -0.3 is 15.3 Å². The summed E-state index contributed by atoms with van der Waals surface area (Å²) in [4.78, 5) is 23.6. The van der Waals surface area contributed by atoms with Crippen LogP contribution in [0, 0.1) is 35.5 Å². The quantitative estimate of drug-likeness (QED) is 0.547. The molecular formula is C27H29N5O2. The highest BCUT2D eigenvalue weighted by molar-refractivity contribution is 5.94. The van der Waals surface area contributed by atoms with Crippen molar-refractivity contribution in [2.24, 2.45) is 17.3 Å². The molecule has 1 aromatic heterocycles. The normalized spacial score (nSPS) is 21.4. The van der Waals surface area contributed by atoms with Crippen molar-refractivity contribution >= 4 is 28.5 Å². The van der Waals surface area contributed by atoms with Gasteiger partial charge >= 0.3 is 5.97 Å². The molecule has 7 nitrogen and oxygen atoms in total. The fourth-order valence-corrected chi connectivity index (χ4v) is 5.86. The van der Waals surface area contributed by atoms with Crippen molar-refractivity contribution in [2.45, 2.75) is 40.2 Å². The second-order valence-corrected chi connectivity index (χ2v) is 10.4. The van der Waals surface area contributed by atoms with Crippen LogP contribution in [0.1, 0.15) is 60.4 Å². The van der Waals surface area contributed by atoms with E-state index in [9.17, 15) is 15.2 Å². The molecule has 1 aliphatic heterocycles. The Morgan fingerprint density at radius 1 is 1.26 bits per heavy atom. The first-order valence-electron chi connectivity index (χ1n) is 11.7. The van der Waals surface area contributed by atoms with Crippen molar-refractivity contribution in [1.29, 1.82) is 5.26 Å². The van der Waals surface area contributed by atoms with Gasteiger partial charge in [-0.2, -0.15) is 5.26 Å². The van der Waals surface area contributed by atoms with E-state index in [4.69, 9.17) is 9.97 Å². The summed E-state index contributed by atoms with van der Waals surface area (Å²) < 4.78 is 0. The number of carboxylic acid groups (broad SMARTS) is 1. The molecule has 3 atom stereocenters. The first kappa shape index (κ1) is 22.1. The third-order valence-electron chi connectivity index (χ3n) is 7.56. The number of aryl methyl sites for hydroxylation is 1. The SMILES string of the molecule is Cc1cc([C@@H](C)Nc2ccccc2C(=O)O)c2nc(N3CC4CC(C)(C)C4C3)c(C#N)nc2c1. The van der Waals surface area contributed by atoms with E-state index in [1.165, 1.54) is 6.42 Å². The lowest BCUT2D eigenvalue weighted by Crippen LogP contribution is -2.42. The maximum atomic E-state index is 11.7. The molecule has 2 heterocycles. The van der Waals surface area contributed by atoms with E-state index in [1.807, 2.05) is 26.0 Å². The summed E-state index contributed by atoms with van der Waals surface area (Å²) >= 11 is 0. The summed E-state index contributed by atoms with van der Waals surface area (Å²) in [5.41, 5.74) is 4.82. The Morgan fingerprint density at radius 2 is 2.03 bits per heavy atom. The van der Waals surface area contributed by atoms with E-state index in [1.54, 1.807) is 18.2 Å². The van der Waals surface area contributed by atoms with E-state index in [0.717, 1.165) is 29.7 Å². The van der Waals surface area contributed by atoms with Crippen LogP contribution in [-0.4, -0.2) is 34.1 Å². The van der Waals surface area contributed by atoms with E-state index >= 15 is 0 Å². The van der Waals surface area contributed by atoms with Gasteiger partial charge in [-0.15, -0.1) is 0 Å². The Balaban J connectivity index is 1.56. The van der Waals surface area contributed by atoms with Gasteiger partial charge in [-0.05, 0) is 61.3 Å². The third kappa shape index (κ3) is 3.63. The molecule has 1 aliphatic carbocycles. The molecule has 2 aromatic carbocycles. The number of aromatic carboxylic acids is 1. The topological polar surface area (TPSA) is 102 Å². The number of carboxylic acids is 1. The number of nitrogens with zero attached hydrogens (tertiary/aromatic N) is 4. The first-order valence-corrected chi connectivity index (χ1v) is 11.7. The molecule has 0 spiro atoms. The van der Waals surface area contributed by atoms with Crippen molar-refractivity contribution in [3.05, 3.63) is 58.8 Å². The van der Waals surface area contributed by atoms with E-state index in [-0.39, 0.29) is 11.6 Å². The van der Waals surface area contributed by atoms with Gasteiger partial charge in [-0.25, -0.2) is 14.8 Å². The molecule has 34 heavy (non-hydrogen) atoms. The Kier molecular flexibility index (Phi) is 5.20. The van der Waals surface area contributed by atoms with E-state index < -0.39 is 5.97 Å². The predicted molar refractivity (Wildman–Crippen MR) is 132 cm³/mol. The summed E-state index contributed by atoms with van der Waals surface area (Å²) in [7, 11) is 0. The minimum absolute atomic E-state index is 0.216. The molecule has 3 aromatic rings. The highest BCUT2D eigenvalue weighted by Gasteiger charge is 2.52. The average Bonchev–Trinajstić information content (AvgIpc) is 3.16. The zero-order valence-electron chi connectivity index (χ0n) is 20.0. The number of fused-ring (bicyclic) bond motifs is 2. The molecular weight excluding hydrogens is 426 g/mol. The molecule has 1 saturated carbocycles. The molecule has 2 unspecified atom stereocenters. The number of carbonyl (C=O) groups is 1. The van der Waals surface area contributed by atoms with Crippen molar-refractivity contribution in [3.8, 4) is 6.07 Å². The zero-order valence-corrected chi connectivity index (χ0v) is 20.0. The summed E-state index contributed by atoms with van der Waals surface area (Å²) in [6.45, 7) is 10.4. The van der Waals surface area contributed by atoms with Gasteiger partial charge in [0.1, 0.15) is 6.07 Å². The van der Waals surface area contributed by atoms with Crippen molar-refractivity contribution in [3.63, 3.8) is 0 Å². The lowest BCUT2D eigenvalue weighted by atomic mass is 9.57. The van der Waals surface area contributed by atoms with Crippen LogP contribution < -0.4 is 10.2 Å². The largest absolute Gasteiger partial charge is 0.478 e. The van der Waals surface area contributed by atoms with E-state index in [0.29, 0.717) is 40.0 Å². The van der Waals surface area contributed by atoms with Gasteiger partial charge in [0.05, 0.1) is 22.6 Å². The summed E-state index contributed by atoms with van der Waals surface area (Å²) in [6, 6.07) is 12.9. The van der Waals surface area contributed by atoms with Crippen molar-refractivity contribution < 1.29 is 9.90 Å². The molecule has 174 valence electrons. The number of hydrogen-bond acceptors (Lipinski definition) is 6. The molecule has 1 saturated heterocycles. The smallest absolute Gasteiger partial charge is 0.337 e. The number of nitriles is 1. The monoisotopic (exact) mass is 455 g/mol. The highest BCUT2D eigenvalue weighted by atomic mass is 16.4. The summed E-state index contributed by atoms with van der Waals surface area (Å²) in [5.74, 6) is 0.937. The first-order chi connectivity index (χ1) is 16.2. The van der Waals surface area contributed by atoms with Crippen LogP contribution in [0.15, 0.2) is 36.4 Å². The zero-order chi connectivity index (χ0) is 24.2. The predicted octanol–water partition coefficient (Wildman–Crippen LogP) is 5.16. The van der Waals surface area contributed by atoms with Gasteiger partial charge in [0.25, 0.3) is 0 Å². The number of anilines is 2. The molecule has 0 radical (unpaired) electrons. The van der Waals surface area contributed by atoms with Crippen LogP contribution in [-0.2, 0) is 0 Å². The van der Waals surface area contributed by atoms with E-state index in [2.05, 4.69) is 36.2 Å². The van der Waals surface area contributed by atoms with Gasteiger partial charge in [0, 0.05) is 24.3 Å². The third-order valence-corrected chi connectivity index (χ3v) is 7.56. The number of benzene rings is 2. The van der Waals surface area contributed by atoms with Gasteiger partial charge in [-0.3, -0.25) is 0 Å². The fourth-order valence-electron chi connectivity index (χ4n) is 5.86. The van der Waals surface area contributed by atoms with Crippen LogP contribution >= 0.6 is 0 Å². The second-order valence-electron chi connectivity index (χ2n) is 10.4. The Bertz CT molecular complexity index is 1340. The number of rotatable bonds is 5. The van der Waals surface area contributed by atoms with Gasteiger partial charge in [0.2, 0.25) is 0 Å². The molecule has 2 N–H and O–H groups in total. The lowest BCUT2D eigenvalue weighted by Gasteiger charge is -2.47. The standard InChI is InChI=1S/C27H29N5O2/c1-15-9-19(16(2)29-21-8-6-5-7-18(21)26(33)34)24-22(10-15)30-23(12-28)25(31-24)32-13-17-11-27(3,4)20(17)14-32/h5-10,16-17,20,29H,11,13-14H2,1-4H3,(H,33,34)/t16-,17?,20?/m1/s1. The summed E-state index contributed by atoms with van der Waals surface area (Å²) in [5, 5.41) is 22.8. The Morgan fingerprint density at radius 3 is 2.71 bits per heavy atom. The Labute approximate surface area is 199 Å². The number of nitrogens with one attached hydrogen (secondary N) is 1. The molecule has 5 rings (SSSR count). The minimum atomic E-state index is -0.975. The van der Waals surface area contributed by atoms with Crippen molar-refractivity contribution in [1.82, 2.24) is 9.97 Å². The van der Waals surface area contributed by atoms with Gasteiger partial charge in [0.15, 0.2) is 11.5 Å². The maximum absolute atomic E-state index is 11.7. The number of para-hydroxylation sites is 1. The fraction of sp³-hybridized carbons (Fsp3) is 0.407. The molecule has 0 amide bonds. The second kappa shape index (κ2) is 7.98. The number of hydrogen-bond donors (Lipinski definition) is 2. The van der Waals surface area contributed by atoms with Crippen molar-refractivity contribution in [2.75, 3.05) is 23.3 Å². The number of aromatic nitrogens is 2. The molecule has 2 aliphatic rings. The van der Waals surface area contributed by atoms with Crippen LogP contribution in [0.25, 0.3) is 11.0 Å². The van der Waals surface area contributed by atoms with Crippen LogP contribution in [0.4, 0.5) is 11.5 Å². The lowest BCUT2D eigenvalue weighted by molar-refractivity contribution is 0.0299. The molecule has 0 bridgehead atoms. The Hall–Kier alpha value is -3.66.